The van der Waals surface area contributed by atoms with E-state index in [1.165, 1.54) is 4.68 Å². The Morgan fingerprint density at radius 1 is 1.65 bits per heavy atom. The number of thioether (sulfide) groups is 1. The average Bonchev–Trinajstić information content (AvgIpc) is 2.51. The third-order valence-corrected chi connectivity index (χ3v) is 3.47. The first-order valence-electron chi connectivity index (χ1n) is 5.49. The summed E-state index contributed by atoms with van der Waals surface area (Å²) in [5.41, 5.74) is 0.510. The molecule has 1 rings (SSSR count). The summed E-state index contributed by atoms with van der Waals surface area (Å²) in [5, 5.41) is 18.2. The van der Waals surface area contributed by atoms with Crippen LogP contribution in [0, 0.1) is 17.0 Å². The Kier molecular flexibility index (Phi) is 4.80. The van der Waals surface area contributed by atoms with Gasteiger partial charge in [-0.25, -0.2) is 4.68 Å². The number of anilines is 1. The molecule has 0 bridgehead atoms. The average molecular weight is 258 g/mol. The maximum atomic E-state index is 11.0. The van der Waals surface area contributed by atoms with Gasteiger partial charge in [-0.1, -0.05) is 6.92 Å². The summed E-state index contributed by atoms with van der Waals surface area (Å²) in [5.74, 6) is 2.44. The molecule has 0 spiro atoms. The van der Waals surface area contributed by atoms with Crippen LogP contribution in [0.2, 0.25) is 0 Å². The highest BCUT2D eigenvalue weighted by Gasteiger charge is 2.24. The van der Waals surface area contributed by atoms with Crippen LogP contribution in [0.4, 0.5) is 11.5 Å². The van der Waals surface area contributed by atoms with E-state index in [9.17, 15) is 10.1 Å². The van der Waals surface area contributed by atoms with Gasteiger partial charge in [0.1, 0.15) is 5.69 Å². The van der Waals surface area contributed by atoms with Crippen LogP contribution in [0.3, 0.4) is 0 Å². The first-order valence-corrected chi connectivity index (χ1v) is 6.65. The van der Waals surface area contributed by atoms with E-state index in [0.717, 1.165) is 11.5 Å². The van der Waals surface area contributed by atoms with Gasteiger partial charge in [0.2, 0.25) is 5.82 Å². The summed E-state index contributed by atoms with van der Waals surface area (Å²) in [6, 6.07) is 0.174. The SMILES string of the molecule is CCSCC(C)Nc1c([N+](=O)[O-])c(C)nn1C. The van der Waals surface area contributed by atoms with Crippen molar-refractivity contribution in [2.24, 2.45) is 7.05 Å². The highest BCUT2D eigenvalue weighted by Crippen LogP contribution is 2.28. The van der Waals surface area contributed by atoms with Crippen LogP contribution in [0.25, 0.3) is 0 Å². The normalized spacial score (nSPS) is 12.5. The lowest BCUT2D eigenvalue weighted by Crippen LogP contribution is -2.20. The fourth-order valence-electron chi connectivity index (χ4n) is 1.60. The van der Waals surface area contributed by atoms with Gasteiger partial charge in [-0.2, -0.15) is 16.9 Å². The van der Waals surface area contributed by atoms with Crippen molar-refractivity contribution < 1.29 is 4.92 Å². The van der Waals surface area contributed by atoms with Gasteiger partial charge in [-0.15, -0.1) is 0 Å². The number of nitrogens with zero attached hydrogens (tertiary/aromatic N) is 3. The van der Waals surface area contributed by atoms with Crippen LogP contribution in [0.5, 0.6) is 0 Å². The quantitative estimate of drug-likeness (QED) is 0.625. The zero-order valence-electron chi connectivity index (χ0n) is 10.6. The molecule has 1 atom stereocenters. The van der Waals surface area contributed by atoms with E-state index >= 15 is 0 Å². The Morgan fingerprint density at radius 3 is 2.82 bits per heavy atom. The van der Waals surface area contributed by atoms with Crippen LogP contribution < -0.4 is 5.32 Å². The lowest BCUT2D eigenvalue weighted by atomic mass is 10.3. The molecule has 6 nitrogen and oxygen atoms in total. The molecule has 1 heterocycles. The fourth-order valence-corrected chi connectivity index (χ4v) is 2.27. The molecular weight excluding hydrogens is 240 g/mol. The molecule has 1 N–H and O–H groups in total. The molecule has 0 aromatic carbocycles. The molecular formula is C10H18N4O2S. The molecule has 1 aromatic rings. The van der Waals surface area contributed by atoms with Gasteiger partial charge in [0.05, 0.1) is 4.92 Å². The minimum Gasteiger partial charge on any atom is -0.361 e. The summed E-state index contributed by atoms with van der Waals surface area (Å²) < 4.78 is 1.53. The summed E-state index contributed by atoms with van der Waals surface area (Å²) in [6.07, 6.45) is 0. The predicted octanol–water partition coefficient (Wildman–Crippen LogP) is 2.19. The number of nitrogens with one attached hydrogen (secondary N) is 1. The Bertz CT molecular complexity index is 405. The Morgan fingerprint density at radius 2 is 2.29 bits per heavy atom. The second kappa shape index (κ2) is 5.90. The number of nitro groups is 1. The number of aryl methyl sites for hydroxylation is 2. The van der Waals surface area contributed by atoms with Crippen molar-refractivity contribution in [2.45, 2.75) is 26.8 Å². The fraction of sp³-hybridized carbons (Fsp3) is 0.700. The van der Waals surface area contributed by atoms with Crippen molar-refractivity contribution in [3.8, 4) is 0 Å². The molecule has 17 heavy (non-hydrogen) atoms. The van der Waals surface area contributed by atoms with Crippen molar-refractivity contribution >= 4 is 23.3 Å². The molecule has 0 saturated carbocycles. The standard InChI is InChI=1S/C10H18N4O2S/c1-5-17-6-7(2)11-10-9(14(15)16)8(3)12-13(10)4/h7,11H,5-6H2,1-4H3. The monoisotopic (exact) mass is 258 g/mol. The first kappa shape index (κ1) is 13.8. The van der Waals surface area contributed by atoms with Crippen molar-refractivity contribution in [3.63, 3.8) is 0 Å². The van der Waals surface area contributed by atoms with Crippen molar-refractivity contribution in [3.05, 3.63) is 15.8 Å². The molecule has 96 valence electrons. The summed E-state index contributed by atoms with van der Waals surface area (Å²) >= 11 is 1.80. The largest absolute Gasteiger partial charge is 0.361 e. The highest BCUT2D eigenvalue weighted by molar-refractivity contribution is 7.99. The number of rotatable bonds is 6. The van der Waals surface area contributed by atoms with Crippen LogP contribution in [0.1, 0.15) is 19.5 Å². The van der Waals surface area contributed by atoms with Gasteiger partial charge in [0, 0.05) is 18.8 Å². The van der Waals surface area contributed by atoms with E-state index in [-0.39, 0.29) is 16.7 Å². The van der Waals surface area contributed by atoms with Gasteiger partial charge in [0.15, 0.2) is 0 Å². The molecule has 1 unspecified atom stereocenters. The zero-order valence-corrected chi connectivity index (χ0v) is 11.4. The Labute approximate surface area is 105 Å². The van der Waals surface area contributed by atoms with Crippen molar-refractivity contribution in [1.82, 2.24) is 9.78 Å². The summed E-state index contributed by atoms with van der Waals surface area (Å²) in [6.45, 7) is 5.75. The van der Waals surface area contributed by atoms with E-state index < -0.39 is 0 Å². The Balaban J connectivity index is 2.86. The molecule has 0 aliphatic carbocycles. The van der Waals surface area contributed by atoms with Crippen molar-refractivity contribution in [2.75, 3.05) is 16.8 Å². The zero-order chi connectivity index (χ0) is 13.0. The van der Waals surface area contributed by atoms with E-state index in [4.69, 9.17) is 0 Å². The van der Waals surface area contributed by atoms with E-state index in [1.807, 2.05) is 6.92 Å². The Hall–Kier alpha value is -1.24. The van der Waals surface area contributed by atoms with Gasteiger partial charge in [0.25, 0.3) is 0 Å². The molecule has 0 amide bonds. The second-order valence-electron chi connectivity index (χ2n) is 3.87. The van der Waals surface area contributed by atoms with E-state index in [0.29, 0.717) is 11.5 Å². The summed E-state index contributed by atoms with van der Waals surface area (Å²) in [7, 11) is 1.71. The number of hydrogen-bond acceptors (Lipinski definition) is 5. The van der Waals surface area contributed by atoms with Gasteiger partial charge < -0.3 is 5.32 Å². The minimum atomic E-state index is -0.385. The van der Waals surface area contributed by atoms with Crippen molar-refractivity contribution in [1.29, 1.82) is 0 Å². The van der Waals surface area contributed by atoms with Gasteiger partial charge >= 0.3 is 5.69 Å². The summed E-state index contributed by atoms with van der Waals surface area (Å²) in [4.78, 5) is 10.6. The van der Waals surface area contributed by atoms with Crippen LogP contribution in [0.15, 0.2) is 0 Å². The number of aromatic nitrogens is 2. The third-order valence-electron chi connectivity index (χ3n) is 2.33. The van der Waals surface area contributed by atoms with Crippen LogP contribution >= 0.6 is 11.8 Å². The second-order valence-corrected chi connectivity index (χ2v) is 5.19. The van der Waals surface area contributed by atoms with Crippen LogP contribution in [-0.2, 0) is 7.05 Å². The van der Waals surface area contributed by atoms with Crippen LogP contribution in [-0.4, -0.2) is 32.3 Å². The van der Waals surface area contributed by atoms with Gasteiger partial charge in [-0.05, 0) is 19.6 Å². The lowest BCUT2D eigenvalue weighted by Gasteiger charge is -2.13. The molecule has 0 saturated heterocycles. The minimum absolute atomic E-state index is 0.0702. The topological polar surface area (TPSA) is 73.0 Å². The molecule has 0 aliphatic rings. The van der Waals surface area contributed by atoms with E-state index in [2.05, 4.69) is 17.3 Å². The molecule has 7 heteroatoms. The molecule has 0 fully saturated rings. The lowest BCUT2D eigenvalue weighted by molar-refractivity contribution is -0.384. The molecule has 0 aliphatic heterocycles. The third kappa shape index (κ3) is 3.36. The number of hydrogen-bond donors (Lipinski definition) is 1. The first-order chi connectivity index (χ1) is 7.97. The maximum absolute atomic E-state index is 11.0. The van der Waals surface area contributed by atoms with E-state index in [1.54, 1.807) is 25.7 Å². The molecule has 1 aromatic heterocycles. The highest BCUT2D eigenvalue weighted by atomic mass is 32.2. The predicted molar refractivity (Wildman–Crippen MR) is 70.7 cm³/mol. The smallest absolute Gasteiger partial charge is 0.333 e. The maximum Gasteiger partial charge on any atom is 0.333 e. The molecule has 0 radical (unpaired) electrons. The van der Waals surface area contributed by atoms with Gasteiger partial charge in [-0.3, -0.25) is 10.1 Å².